The molecule has 1 amide bonds. The fraction of sp³-hybridized carbons (Fsp3) is 0.375. The van der Waals surface area contributed by atoms with Gasteiger partial charge in [0.15, 0.2) is 0 Å². The van der Waals surface area contributed by atoms with Crippen LogP contribution in [0.3, 0.4) is 0 Å². The average molecular weight is 510 g/mol. The van der Waals surface area contributed by atoms with Gasteiger partial charge in [-0.15, -0.1) is 0 Å². The van der Waals surface area contributed by atoms with Crippen molar-refractivity contribution >= 4 is 46.6 Å². The highest BCUT2D eigenvalue weighted by molar-refractivity contribution is 7.77. The van der Waals surface area contributed by atoms with E-state index in [1.807, 2.05) is 51.1 Å². The van der Waals surface area contributed by atoms with Gasteiger partial charge in [-0.2, -0.15) is 0 Å². The van der Waals surface area contributed by atoms with E-state index < -0.39 is 16.9 Å². The average Bonchev–Trinajstić information content (AvgIpc) is 2.73. The second-order valence-electron chi connectivity index (χ2n) is 8.98. The second kappa shape index (κ2) is 10.5. The summed E-state index contributed by atoms with van der Waals surface area (Å²) < 4.78 is 29.3. The number of carbonyl (C=O) groups excluding carboxylic acids is 1. The van der Waals surface area contributed by atoms with Gasteiger partial charge < -0.3 is 18.9 Å². The standard InChI is InChI=1S/C24H28Cl2N2O4S/c1-24(2,3)32-23(29)28(4)22-10-8-17(16-6-9-20(25)21(26)14-16)19-13-15(5-7-18(19)22)11-12-27-33(30)31/h5-7,9,11-14,17,22,27H,8,10H2,1-4H3,(H,30,31)/p-1. The van der Waals surface area contributed by atoms with E-state index >= 15 is 0 Å². The lowest BCUT2D eigenvalue weighted by Crippen LogP contribution is -2.38. The van der Waals surface area contributed by atoms with Crippen LogP contribution in [0.5, 0.6) is 0 Å². The highest BCUT2D eigenvalue weighted by atomic mass is 35.5. The monoisotopic (exact) mass is 509 g/mol. The summed E-state index contributed by atoms with van der Waals surface area (Å²) in [5.41, 5.74) is 3.34. The summed E-state index contributed by atoms with van der Waals surface area (Å²) >= 11 is 10.0. The van der Waals surface area contributed by atoms with Crippen LogP contribution in [0.4, 0.5) is 4.79 Å². The number of hydrogen-bond donors (Lipinski definition) is 1. The van der Waals surface area contributed by atoms with Gasteiger partial charge in [0.05, 0.1) is 16.1 Å². The number of carbonyl (C=O) groups is 1. The van der Waals surface area contributed by atoms with Gasteiger partial charge in [0.2, 0.25) is 0 Å². The number of ether oxygens (including phenoxy) is 1. The highest BCUT2D eigenvalue weighted by Gasteiger charge is 2.34. The van der Waals surface area contributed by atoms with Gasteiger partial charge in [0.25, 0.3) is 0 Å². The van der Waals surface area contributed by atoms with Gasteiger partial charge in [-0.25, -0.2) is 4.79 Å². The normalized spacial score (nSPS) is 19.1. The molecule has 0 spiro atoms. The first-order valence-electron chi connectivity index (χ1n) is 10.5. The summed E-state index contributed by atoms with van der Waals surface area (Å²) in [7, 11) is 1.75. The van der Waals surface area contributed by atoms with Gasteiger partial charge in [-0.3, -0.25) is 4.21 Å². The van der Waals surface area contributed by atoms with E-state index in [1.165, 1.54) is 6.20 Å². The first-order chi connectivity index (χ1) is 15.5. The molecule has 0 aromatic heterocycles. The molecule has 0 saturated carbocycles. The maximum absolute atomic E-state index is 12.8. The Hall–Kier alpha value is -2.06. The molecule has 3 unspecified atom stereocenters. The van der Waals surface area contributed by atoms with Crippen molar-refractivity contribution in [1.29, 1.82) is 0 Å². The van der Waals surface area contributed by atoms with Crippen LogP contribution in [0.1, 0.15) is 67.8 Å². The Kier molecular flexibility index (Phi) is 8.11. The minimum absolute atomic E-state index is 0.0491. The topological polar surface area (TPSA) is 81.7 Å². The third-order valence-corrected chi connectivity index (χ3v) is 6.58. The van der Waals surface area contributed by atoms with E-state index in [2.05, 4.69) is 4.72 Å². The van der Waals surface area contributed by atoms with E-state index in [1.54, 1.807) is 24.1 Å². The lowest BCUT2D eigenvalue weighted by Gasteiger charge is -2.37. The van der Waals surface area contributed by atoms with Gasteiger partial charge in [0.1, 0.15) is 5.60 Å². The van der Waals surface area contributed by atoms with Crippen LogP contribution in [0.15, 0.2) is 42.6 Å². The van der Waals surface area contributed by atoms with E-state index in [9.17, 15) is 13.6 Å². The van der Waals surface area contributed by atoms with E-state index in [-0.39, 0.29) is 18.1 Å². The molecule has 0 fully saturated rings. The Morgan fingerprint density at radius 3 is 2.52 bits per heavy atom. The zero-order valence-corrected chi connectivity index (χ0v) is 21.3. The van der Waals surface area contributed by atoms with Crippen LogP contribution in [0.25, 0.3) is 6.08 Å². The van der Waals surface area contributed by atoms with Crippen molar-refractivity contribution in [3.63, 3.8) is 0 Å². The van der Waals surface area contributed by atoms with Crippen molar-refractivity contribution in [2.45, 2.75) is 51.2 Å². The lowest BCUT2D eigenvalue weighted by molar-refractivity contribution is 0.0202. The number of rotatable bonds is 5. The van der Waals surface area contributed by atoms with Crippen molar-refractivity contribution in [3.05, 3.63) is 74.9 Å². The number of halogens is 2. The zero-order chi connectivity index (χ0) is 24.3. The largest absolute Gasteiger partial charge is 0.755 e. The third-order valence-electron chi connectivity index (χ3n) is 5.51. The predicted octanol–water partition coefficient (Wildman–Crippen LogP) is 6.18. The van der Waals surface area contributed by atoms with Crippen LogP contribution in [-0.2, 0) is 16.0 Å². The van der Waals surface area contributed by atoms with E-state index in [0.717, 1.165) is 35.1 Å². The zero-order valence-electron chi connectivity index (χ0n) is 18.9. The summed E-state index contributed by atoms with van der Waals surface area (Å²) in [5.74, 6) is 0.0491. The number of amides is 1. The minimum atomic E-state index is -2.38. The number of nitrogens with zero attached hydrogens (tertiary/aromatic N) is 1. The molecule has 6 nitrogen and oxygen atoms in total. The third kappa shape index (κ3) is 6.51. The summed E-state index contributed by atoms with van der Waals surface area (Å²) in [4.78, 5) is 14.4. The van der Waals surface area contributed by atoms with Gasteiger partial charge in [-0.1, -0.05) is 47.5 Å². The molecule has 3 rings (SSSR count). The lowest BCUT2D eigenvalue weighted by atomic mass is 9.76. The first kappa shape index (κ1) is 25.6. The Morgan fingerprint density at radius 2 is 1.88 bits per heavy atom. The number of nitrogens with one attached hydrogen (secondary N) is 1. The van der Waals surface area contributed by atoms with Crippen molar-refractivity contribution in [2.24, 2.45) is 0 Å². The van der Waals surface area contributed by atoms with Crippen molar-refractivity contribution in [2.75, 3.05) is 7.05 Å². The molecule has 9 heteroatoms. The summed E-state index contributed by atoms with van der Waals surface area (Å²) in [6.07, 6.45) is 4.21. The van der Waals surface area contributed by atoms with Crippen molar-refractivity contribution in [1.82, 2.24) is 9.62 Å². The highest BCUT2D eigenvalue weighted by Crippen LogP contribution is 2.45. The molecular weight excluding hydrogens is 483 g/mol. The quantitative estimate of drug-likeness (QED) is 0.487. The van der Waals surface area contributed by atoms with Crippen LogP contribution < -0.4 is 4.72 Å². The number of benzene rings is 2. The fourth-order valence-corrected chi connectivity index (χ4v) is 4.55. The fourth-order valence-electron chi connectivity index (χ4n) is 4.06. The summed E-state index contributed by atoms with van der Waals surface area (Å²) in [6.45, 7) is 5.53. The Bertz CT molecular complexity index is 1080. The molecule has 33 heavy (non-hydrogen) atoms. The first-order valence-corrected chi connectivity index (χ1v) is 12.4. The van der Waals surface area contributed by atoms with Crippen LogP contribution in [0.2, 0.25) is 10.0 Å². The number of fused-ring (bicyclic) bond motifs is 1. The molecule has 178 valence electrons. The van der Waals surface area contributed by atoms with Gasteiger partial charge in [-0.05, 0) is 74.1 Å². The molecule has 2 aromatic rings. The van der Waals surface area contributed by atoms with Crippen molar-refractivity contribution in [3.8, 4) is 0 Å². The maximum Gasteiger partial charge on any atom is 0.410 e. The minimum Gasteiger partial charge on any atom is -0.755 e. The van der Waals surface area contributed by atoms with Crippen LogP contribution in [-0.4, -0.2) is 32.4 Å². The molecular formula is C24H27Cl2N2O4S-. The smallest absolute Gasteiger partial charge is 0.410 e. The summed E-state index contributed by atoms with van der Waals surface area (Å²) in [6, 6.07) is 11.4. The van der Waals surface area contributed by atoms with Crippen molar-refractivity contribution < 1.29 is 18.3 Å². The molecule has 0 saturated heterocycles. The van der Waals surface area contributed by atoms with Gasteiger partial charge >= 0.3 is 6.09 Å². The Morgan fingerprint density at radius 1 is 1.15 bits per heavy atom. The molecule has 1 aliphatic carbocycles. The summed E-state index contributed by atoms with van der Waals surface area (Å²) in [5, 5.41) is 0.981. The van der Waals surface area contributed by atoms with E-state index in [0.29, 0.717) is 10.0 Å². The molecule has 3 atom stereocenters. The molecule has 0 heterocycles. The molecule has 1 aliphatic rings. The van der Waals surface area contributed by atoms with E-state index in [4.69, 9.17) is 27.9 Å². The molecule has 0 bridgehead atoms. The Labute approximate surface area is 207 Å². The molecule has 1 N–H and O–H groups in total. The predicted molar refractivity (Wildman–Crippen MR) is 132 cm³/mol. The Balaban J connectivity index is 2.01. The molecule has 2 aromatic carbocycles. The second-order valence-corrected chi connectivity index (χ2v) is 10.5. The molecule has 0 radical (unpaired) electrons. The number of hydrogen-bond acceptors (Lipinski definition) is 4. The van der Waals surface area contributed by atoms with Gasteiger partial charge in [0, 0.05) is 30.4 Å². The van der Waals surface area contributed by atoms with Crippen LogP contribution in [0, 0.1) is 0 Å². The SMILES string of the molecule is CN(C(=O)OC(C)(C)C)C1CCC(c2ccc(Cl)c(Cl)c2)c2cc(C=CNS(=O)[O-])ccc21. The maximum atomic E-state index is 12.8. The molecule has 0 aliphatic heterocycles. The van der Waals surface area contributed by atoms with Crippen LogP contribution >= 0.6 is 23.2 Å².